The second kappa shape index (κ2) is 5.44. The summed E-state index contributed by atoms with van der Waals surface area (Å²) in [5, 5.41) is 3.39. The molecule has 1 fully saturated rings. The lowest BCUT2D eigenvalue weighted by molar-refractivity contribution is -0.159. The molecule has 0 unspecified atom stereocenters. The summed E-state index contributed by atoms with van der Waals surface area (Å²) in [5.74, 6) is -1.34. The molecule has 2 rings (SSSR count). The van der Waals surface area contributed by atoms with Crippen LogP contribution in [0.5, 0.6) is 0 Å². The van der Waals surface area contributed by atoms with Crippen molar-refractivity contribution >= 4 is 12.4 Å². The summed E-state index contributed by atoms with van der Waals surface area (Å²) in [4.78, 5) is 3.39. The maximum Gasteiger partial charge on any atom is 0.471 e. The van der Waals surface area contributed by atoms with E-state index in [9.17, 15) is 13.2 Å². The largest absolute Gasteiger partial charge is 0.471 e. The van der Waals surface area contributed by atoms with Gasteiger partial charge in [0.25, 0.3) is 0 Å². The third-order valence-corrected chi connectivity index (χ3v) is 3.11. The molecule has 1 heterocycles. The van der Waals surface area contributed by atoms with Crippen LogP contribution in [0.25, 0.3) is 0 Å². The molecule has 0 atom stereocenters. The predicted molar refractivity (Wildman–Crippen MR) is 60.1 cm³/mol. The number of alkyl halides is 3. The minimum absolute atomic E-state index is 0. The monoisotopic (exact) mass is 285 g/mol. The van der Waals surface area contributed by atoms with Crippen molar-refractivity contribution in [2.45, 2.75) is 50.2 Å². The average Bonchev–Trinajstić information content (AvgIpc) is 2.64. The summed E-state index contributed by atoms with van der Waals surface area (Å²) >= 11 is 0. The van der Waals surface area contributed by atoms with Gasteiger partial charge in [0.15, 0.2) is 5.82 Å². The van der Waals surface area contributed by atoms with E-state index in [0.29, 0.717) is 12.8 Å². The average molecular weight is 286 g/mol. The fourth-order valence-electron chi connectivity index (χ4n) is 2.12. The lowest BCUT2D eigenvalue weighted by Crippen LogP contribution is -2.37. The molecule has 104 valence electrons. The van der Waals surface area contributed by atoms with Gasteiger partial charge in [0.1, 0.15) is 0 Å². The Kier molecular flexibility index (Phi) is 4.61. The van der Waals surface area contributed by atoms with Crippen LogP contribution >= 0.6 is 12.4 Å². The highest BCUT2D eigenvalue weighted by atomic mass is 35.5. The molecule has 1 aromatic heterocycles. The molecule has 0 amide bonds. The Balaban J connectivity index is 0.00000162. The Morgan fingerprint density at radius 1 is 1.11 bits per heavy atom. The van der Waals surface area contributed by atoms with E-state index in [1.54, 1.807) is 0 Å². The van der Waals surface area contributed by atoms with Gasteiger partial charge in [0.2, 0.25) is 0 Å². The molecular weight excluding hydrogens is 271 g/mol. The molecule has 0 aromatic carbocycles. The van der Waals surface area contributed by atoms with Gasteiger partial charge in [-0.1, -0.05) is 30.8 Å². The summed E-state index contributed by atoms with van der Waals surface area (Å²) in [6.07, 6.45) is 0.449. The van der Waals surface area contributed by atoms with Gasteiger partial charge in [-0.15, -0.1) is 12.4 Å². The van der Waals surface area contributed by atoms with Gasteiger partial charge in [-0.3, -0.25) is 0 Å². The molecule has 0 saturated heterocycles. The maximum absolute atomic E-state index is 12.3. The van der Waals surface area contributed by atoms with Gasteiger partial charge >= 0.3 is 12.1 Å². The summed E-state index contributed by atoms with van der Waals surface area (Å²) in [6.45, 7) is 0. The lowest BCUT2D eigenvalue weighted by Gasteiger charge is -2.23. The lowest BCUT2D eigenvalue weighted by atomic mass is 9.91. The Morgan fingerprint density at radius 2 is 1.67 bits per heavy atom. The first-order chi connectivity index (χ1) is 7.92. The van der Waals surface area contributed by atoms with Crippen molar-refractivity contribution in [1.82, 2.24) is 10.1 Å². The molecule has 1 aliphatic rings. The van der Waals surface area contributed by atoms with Crippen molar-refractivity contribution in [2.24, 2.45) is 5.73 Å². The van der Waals surface area contributed by atoms with Crippen molar-refractivity contribution < 1.29 is 17.7 Å². The highest BCUT2D eigenvalue weighted by Gasteiger charge is 2.41. The number of rotatable bonds is 1. The van der Waals surface area contributed by atoms with Crippen LogP contribution in [0.1, 0.15) is 50.2 Å². The summed E-state index contributed by atoms with van der Waals surface area (Å²) in [7, 11) is 0. The molecule has 0 radical (unpaired) electrons. The topological polar surface area (TPSA) is 64.9 Å². The van der Waals surface area contributed by atoms with Crippen LogP contribution in [0.3, 0.4) is 0 Å². The second-order valence-corrected chi connectivity index (χ2v) is 4.49. The van der Waals surface area contributed by atoms with E-state index >= 15 is 0 Å². The quantitative estimate of drug-likeness (QED) is 0.806. The van der Waals surface area contributed by atoms with Crippen molar-refractivity contribution in [1.29, 1.82) is 0 Å². The number of hydrogen-bond donors (Lipinski definition) is 1. The number of halogens is 4. The summed E-state index contributed by atoms with van der Waals surface area (Å²) in [5.41, 5.74) is 5.21. The van der Waals surface area contributed by atoms with Crippen LogP contribution in [0.15, 0.2) is 4.52 Å². The van der Waals surface area contributed by atoms with E-state index in [-0.39, 0.29) is 18.2 Å². The van der Waals surface area contributed by atoms with Crippen LogP contribution in [0.4, 0.5) is 13.2 Å². The van der Waals surface area contributed by atoms with E-state index in [1.807, 2.05) is 0 Å². The van der Waals surface area contributed by atoms with Crippen LogP contribution in [0.2, 0.25) is 0 Å². The SMILES string of the molecule is Cl.NC1(c2noc(C(F)(F)F)n2)CCCCCC1. The minimum Gasteiger partial charge on any atom is -0.329 e. The Hall–Kier alpha value is -0.820. The molecule has 18 heavy (non-hydrogen) atoms. The molecule has 0 aliphatic heterocycles. The first-order valence-corrected chi connectivity index (χ1v) is 5.62. The Bertz CT molecular complexity index is 386. The zero-order valence-corrected chi connectivity index (χ0v) is 10.5. The highest BCUT2D eigenvalue weighted by Crippen LogP contribution is 2.34. The van der Waals surface area contributed by atoms with Crippen LogP contribution in [-0.2, 0) is 11.7 Å². The van der Waals surface area contributed by atoms with Crippen molar-refractivity contribution in [3.63, 3.8) is 0 Å². The number of hydrogen-bond acceptors (Lipinski definition) is 4. The van der Waals surface area contributed by atoms with Gasteiger partial charge < -0.3 is 10.3 Å². The highest BCUT2D eigenvalue weighted by molar-refractivity contribution is 5.85. The first-order valence-electron chi connectivity index (χ1n) is 5.62. The van der Waals surface area contributed by atoms with Crippen LogP contribution in [0, 0.1) is 0 Å². The fraction of sp³-hybridized carbons (Fsp3) is 0.800. The molecule has 1 aromatic rings. The van der Waals surface area contributed by atoms with E-state index in [2.05, 4.69) is 14.7 Å². The molecule has 1 saturated carbocycles. The van der Waals surface area contributed by atoms with Gasteiger partial charge in [0.05, 0.1) is 5.54 Å². The standard InChI is InChI=1S/C10H14F3N3O.ClH/c11-10(12,13)8-15-7(16-17-8)9(14)5-3-1-2-4-6-9;/h1-6,14H2;1H. The zero-order valence-electron chi connectivity index (χ0n) is 9.66. The zero-order chi connectivity index (χ0) is 12.5. The third kappa shape index (κ3) is 3.14. The second-order valence-electron chi connectivity index (χ2n) is 4.49. The van der Waals surface area contributed by atoms with Crippen molar-refractivity contribution in [3.8, 4) is 0 Å². The van der Waals surface area contributed by atoms with Gasteiger partial charge in [0, 0.05) is 0 Å². The fourth-order valence-corrected chi connectivity index (χ4v) is 2.12. The number of nitrogens with zero attached hydrogens (tertiary/aromatic N) is 2. The number of aromatic nitrogens is 2. The molecule has 4 nitrogen and oxygen atoms in total. The van der Waals surface area contributed by atoms with E-state index < -0.39 is 17.6 Å². The van der Waals surface area contributed by atoms with Crippen LogP contribution in [-0.4, -0.2) is 10.1 Å². The molecule has 1 aliphatic carbocycles. The molecular formula is C10H15ClF3N3O. The molecule has 0 bridgehead atoms. The van der Waals surface area contributed by atoms with Gasteiger partial charge in [-0.05, 0) is 12.8 Å². The summed E-state index contributed by atoms with van der Waals surface area (Å²) in [6, 6.07) is 0. The molecule has 2 N–H and O–H groups in total. The normalized spacial score (nSPS) is 20.0. The van der Waals surface area contributed by atoms with E-state index in [4.69, 9.17) is 5.73 Å². The predicted octanol–water partition coefficient (Wildman–Crippen LogP) is 3.02. The Labute approximate surface area is 109 Å². The summed E-state index contributed by atoms with van der Waals surface area (Å²) < 4.78 is 41.2. The third-order valence-electron chi connectivity index (χ3n) is 3.11. The van der Waals surface area contributed by atoms with E-state index in [0.717, 1.165) is 25.7 Å². The Morgan fingerprint density at radius 3 is 2.11 bits per heavy atom. The van der Waals surface area contributed by atoms with Crippen molar-refractivity contribution in [3.05, 3.63) is 11.7 Å². The molecule has 8 heteroatoms. The smallest absolute Gasteiger partial charge is 0.329 e. The number of nitrogens with two attached hydrogens (primary N) is 1. The minimum atomic E-state index is -4.60. The van der Waals surface area contributed by atoms with E-state index in [1.165, 1.54) is 0 Å². The van der Waals surface area contributed by atoms with Gasteiger partial charge in [-0.2, -0.15) is 18.2 Å². The van der Waals surface area contributed by atoms with Crippen LogP contribution < -0.4 is 5.73 Å². The molecule has 0 spiro atoms. The van der Waals surface area contributed by atoms with Gasteiger partial charge in [-0.25, -0.2) is 0 Å². The maximum atomic E-state index is 12.3. The van der Waals surface area contributed by atoms with Crippen molar-refractivity contribution in [2.75, 3.05) is 0 Å². The first kappa shape index (κ1) is 15.2.